The first-order valence-electron chi connectivity index (χ1n) is 4.71. The summed E-state index contributed by atoms with van der Waals surface area (Å²) < 4.78 is 12.8. The van der Waals surface area contributed by atoms with Crippen molar-refractivity contribution >= 4 is 11.6 Å². The second kappa shape index (κ2) is 4.47. The number of rotatable bonds is 3. The average Bonchev–Trinajstić information content (AvgIpc) is 2.17. The summed E-state index contributed by atoms with van der Waals surface area (Å²) in [6, 6.07) is 3.95. The van der Waals surface area contributed by atoms with Gasteiger partial charge in [-0.3, -0.25) is 0 Å². The Balaban J connectivity index is 3.06. The minimum atomic E-state index is -0.796. The highest BCUT2D eigenvalue weighted by Crippen LogP contribution is 2.35. The van der Waals surface area contributed by atoms with Gasteiger partial charge in [-0.15, -0.1) is 0 Å². The van der Waals surface area contributed by atoms with Crippen LogP contribution in [0, 0.1) is 11.2 Å². The lowest BCUT2D eigenvalue weighted by atomic mass is 9.83. The molecule has 1 aromatic carbocycles. The molecular weight excluding hydrogens is 217 g/mol. The van der Waals surface area contributed by atoms with Crippen molar-refractivity contribution in [2.45, 2.75) is 20.0 Å². The highest BCUT2D eigenvalue weighted by molar-refractivity contribution is 6.31. The third kappa shape index (κ3) is 2.68. The number of aliphatic hydroxyl groups is 1. The number of aliphatic hydroxyl groups excluding tert-OH is 1. The van der Waals surface area contributed by atoms with Crippen LogP contribution in [0.5, 0.6) is 0 Å². The van der Waals surface area contributed by atoms with E-state index in [0.717, 1.165) is 0 Å². The fourth-order valence-electron chi connectivity index (χ4n) is 1.26. The summed E-state index contributed by atoms with van der Waals surface area (Å²) in [5, 5.41) is 10.3. The van der Waals surface area contributed by atoms with Crippen molar-refractivity contribution in [1.82, 2.24) is 0 Å². The van der Waals surface area contributed by atoms with Crippen LogP contribution in [0.15, 0.2) is 18.2 Å². The van der Waals surface area contributed by atoms with E-state index in [2.05, 4.69) is 0 Å². The van der Waals surface area contributed by atoms with Gasteiger partial charge in [0.25, 0.3) is 0 Å². The Kier molecular flexibility index (Phi) is 3.71. The molecule has 0 saturated carbocycles. The Bertz CT molecular complexity index is 354. The SMILES string of the molecule is CC(C)(CN)C(O)c1ccc(F)cc1Cl. The van der Waals surface area contributed by atoms with Crippen molar-refractivity contribution in [3.8, 4) is 0 Å². The molecule has 3 N–H and O–H groups in total. The number of hydrogen-bond donors (Lipinski definition) is 2. The minimum absolute atomic E-state index is 0.226. The highest BCUT2D eigenvalue weighted by atomic mass is 35.5. The molecule has 0 amide bonds. The van der Waals surface area contributed by atoms with Crippen LogP contribution >= 0.6 is 11.6 Å². The maximum absolute atomic E-state index is 12.8. The molecule has 0 bridgehead atoms. The van der Waals surface area contributed by atoms with Crippen LogP contribution in [0.3, 0.4) is 0 Å². The van der Waals surface area contributed by atoms with E-state index in [-0.39, 0.29) is 5.02 Å². The Labute approximate surface area is 93.9 Å². The summed E-state index contributed by atoms with van der Waals surface area (Å²) in [5.74, 6) is -0.415. The molecule has 0 aliphatic heterocycles. The first-order valence-corrected chi connectivity index (χ1v) is 5.09. The quantitative estimate of drug-likeness (QED) is 0.840. The summed E-state index contributed by atoms with van der Waals surface area (Å²) in [6.07, 6.45) is -0.796. The van der Waals surface area contributed by atoms with E-state index >= 15 is 0 Å². The molecule has 1 unspecified atom stereocenters. The van der Waals surface area contributed by atoms with Crippen molar-refractivity contribution < 1.29 is 9.50 Å². The Hall–Kier alpha value is -0.640. The van der Waals surface area contributed by atoms with Crippen LogP contribution in [0.1, 0.15) is 25.5 Å². The van der Waals surface area contributed by atoms with E-state index in [0.29, 0.717) is 12.1 Å². The van der Waals surface area contributed by atoms with E-state index < -0.39 is 17.3 Å². The van der Waals surface area contributed by atoms with Crippen molar-refractivity contribution in [2.75, 3.05) is 6.54 Å². The number of halogens is 2. The van der Waals surface area contributed by atoms with Crippen LogP contribution in [0.4, 0.5) is 4.39 Å². The fraction of sp³-hybridized carbons (Fsp3) is 0.455. The van der Waals surface area contributed by atoms with E-state index in [1.54, 1.807) is 0 Å². The van der Waals surface area contributed by atoms with Crippen LogP contribution in [-0.4, -0.2) is 11.7 Å². The van der Waals surface area contributed by atoms with Gasteiger partial charge >= 0.3 is 0 Å². The monoisotopic (exact) mass is 231 g/mol. The average molecular weight is 232 g/mol. The number of nitrogens with two attached hydrogens (primary N) is 1. The predicted octanol–water partition coefficient (Wildman–Crippen LogP) is 2.50. The van der Waals surface area contributed by atoms with E-state index in [4.69, 9.17) is 17.3 Å². The lowest BCUT2D eigenvalue weighted by Gasteiger charge is -2.29. The minimum Gasteiger partial charge on any atom is -0.388 e. The lowest BCUT2D eigenvalue weighted by molar-refractivity contribution is 0.0555. The molecule has 0 saturated heterocycles. The van der Waals surface area contributed by atoms with Gasteiger partial charge in [0.2, 0.25) is 0 Å². The highest BCUT2D eigenvalue weighted by Gasteiger charge is 2.29. The van der Waals surface area contributed by atoms with Gasteiger partial charge in [0, 0.05) is 17.0 Å². The summed E-state index contributed by atoms with van der Waals surface area (Å²) in [7, 11) is 0. The Morgan fingerprint density at radius 1 is 1.53 bits per heavy atom. The molecule has 0 spiro atoms. The third-order valence-corrected chi connectivity index (χ3v) is 2.85. The van der Waals surface area contributed by atoms with Crippen molar-refractivity contribution in [3.63, 3.8) is 0 Å². The van der Waals surface area contributed by atoms with E-state index in [9.17, 15) is 9.50 Å². The maximum Gasteiger partial charge on any atom is 0.124 e. The van der Waals surface area contributed by atoms with Crippen LogP contribution < -0.4 is 5.73 Å². The van der Waals surface area contributed by atoms with Gasteiger partial charge < -0.3 is 10.8 Å². The Morgan fingerprint density at radius 3 is 2.60 bits per heavy atom. The third-order valence-electron chi connectivity index (χ3n) is 2.52. The molecule has 0 aliphatic rings. The molecule has 4 heteroatoms. The van der Waals surface area contributed by atoms with Crippen LogP contribution in [0.25, 0.3) is 0 Å². The second-order valence-corrected chi connectivity index (χ2v) is 4.67. The number of benzene rings is 1. The first kappa shape index (κ1) is 12.4. The molecule has 0 radical (unpaired) electrons. The van der Waals surface area contributed by atoms with Crippen LogP contribution in [-0.2, 0) is 0 Å². The van der Waals surface area contributed by atoms with Gasteiger partial charge in [-0.05, 0) is 17.7 Å². The smallest absolute Gasteiger partial charge is 0.124 e. The predicted molar refractivity (Wildman–Crippen MR) is 59.2 cm³/mol. The summed E-state index contributed by atoms with van der Waals surface area (Å²) >= 11 is 5.85. The fourth-order valence-corrected chi connectivity index (χ4v) is 1.53. The van der Waals surface area contributed by atoms with E-state index in [1.807, 2.05) is 13.8 Å². The number of hydrogen-bond acceptors (Lipinski definition) is 2. The molecule has 0 aromatic heterocycles. The summed E-state index contributed by atoms with van der Waals surface area (Å²) in [4.78, 5) is 0. The molecule has 84 valence electrons. The van der Waals surface area contributed by atoms with E-state index in [1.165, 1.54) is 18.2 Å². The summed E-state index contributed by atoms with van der Waals surface area (Å²) in [5.41, 5.74) is 5.57. The molecule has 1 aromatic rings. The molecule has 1 atom stereocenters. The molecule has 0 heterocycles. The first-order chi connectivity index (χ1) is 6.88. The molecule has 0 aliphatic carbocycles. The zero-order valence-corrected chi connectivity index (χ0v) is 9.55. The molecule has 15 heavy (non-hydrogen) atoms. The largest absolute Gasteiger partial charge is 0.388 e. The maximum atomic E-state index is 12.8. The molecule has 0 fully saturated rings. The normalized spacial score (nSPS) is 14.0. The van der Waals surface area contributed by atoms with Crippen LogP contribution in [0.2, 0.25) is 5.02 Å². The molecule has 2 nitrogen and oxygen atoms in total. The van der Waals surface area contributed by atoms with Crippen molar-refractivity contribution in [2.24, 2.45) is 11.1 Å². The molecular formula is C11H15ClFNO. The zero-order valence-electron chi connectivity index (χ0n) is 8.80. The van der Waals surface area contributed by atoms with Gasteiger partial charge in [0.15, 0.2) is 0 Å². The summed E-state index contributed by atoms with van der Waals surface area (Å²) in [6.45, 7) is 3.98. The van der Waals surface area contributed by atoms with Gasteiger partial charge in [0.05, 0.1) is 6.10 Å². The Morgan fingerprint density at radius 2 is 2.13 bits per heavy atom. The van der Waals surface area contributed by atoms with Crippen molar-refractivity contribution in [1.29, 1.82) is 0 Å². The zero-order chi connectivity index (χ0) is 11.6. The second-order valence-electron chi connectivity index (χ2n) is 4.26. The standard InChI is InChI=1S/C11H15ClFNO/c1-11(2,6-14)10(15)8-4-3-7(13)5-9(8)12/h3-5,10,15H,6,14H2,1-2H3. The lowest BCUT2D eigenvalue weighted by Crippen LogP contribution is -2.30. The van der Waals surface area contributed by atoms with Gasteiger partial charge in [-0.1, -0.05) is 31.5 Å². The molecule has 1 rings (SSSR count). The van der Waals surface area contributed by atoms with Gasteiger partial charge in [0.1, 0.15) is 5.82 Å². The topological polar surface area (TPSA) is 46.2 Å². The van der Waals surface area contributed by atoms with Gasteiger partial charge in [-0.25, -0.2) is 4.39 Å². The van der Waals surface area contributed by atoms with Crippen molar-refractivity contribution in [3.05, 3.63) is 34.6 Å². The van der Waals surface area contributed by atoms with Gasteiger partial charge in [-0.2, -0.15) is 0 Å².